The van der Waals surface area contributed by atoms with Crippen LogP contribution in [0.3, 0.4) is 0 Å². The highest BCUT2D eigenvalue weighted by Gasteiger charge is 2.37. The molecule has 1 aromatic heterocycles. The summed E-state index contributed by atoms with van der Waals surface area (Å²) < 4.78 is 0. The van der Waals surface area contributed by atoms with Crippen LogP contribution in [-0.4, -0.2) is 23.3 Å². The second-order valence-corrected chi connectivity index (χ2v) is 9.40. The molecule has 1 fully saturated rings. The van der Waals surface area contributed by atoms with Crippen LogP contribution in [-0.2, 0) is 5.41 Å². The van der Waals surface area contributed by atoms with E-state index >= 15 is 0 Å². The van der Waals surface area contributed by atoms with E-state index in [0.717, 1.165) is 33.9 Å². The number of carbonyl (C=O) groups is 1. The maximum absolute atomic E-state index is 12.8. The average Bonchev–Trinajstić information content (AvgIpc) is 3.31. The van der Waals surface area contributed by atoms with Gasteiger partial charge in [0.15, 0.2) is 0 Å². The Bertz CT molecular complexity index is 748. The summed E-state index contributed by atoms with van der Waals surface area (Å²) in [5.74, 6) is 0.964. The standard InChI is InChI=1S/C21H27NO2S2/c1-3-25-18-9-5-4-8-16(18)20(24)22-14-21(12-6-7-13-21)19-11-10-17(26-19)15(2)23/h4-5,8-11,15,23H,3,6-7,12-14H2,1-2H3,(H,22,24)/t15-/m0/s1. The molecule has 1 amide bonds. The number of carbonyl (C=O) groups excluding carboxylic acids is 1. The molecule has 1 atom stereocenters. The molecule has 0 aliphatic heterocycles. The van der Waals surface area contributed by atoms with Crippen molar-refractivity contribution >= 4 is 29.0 Å². The lowest BCUT2D eigenvalue weighted by Crippen LogP contribution is -2.38. The van der Waals surface area contributed by atoms with Crippen LogP contribution in [0.25, 0.3) is 0 Å². The monoisotopic (exact) mass is 389 g/mol. The highest BCUT2D eigenvalue weighted by atomic mass is 32.2. The zero-order chi connectivity index (χ0) is 18.6. The highest BCUT2D eigenvalue weighted by Crippen LogP contribution is 2.44. The highest BCUT2D eigenvalue weighted by molar-refractivity contribution is 7.99. The summed E-state index contributed by atoms with van der Waals surface area (Å²) in [5, 5.41) is 13.1. The van der Waals surface area contributed by atoms with E-state index in [9.17, 15) is 9.90 Å². The van der Waals surface area contributed by atoms with Gasteiger partial charge in [0.05, 0.1) is 11.7 Å². The number of aliphatic hydroxyl groups excluding tert-OH is 1. The van der Waals surface area contributed by atoms with Crippen LogP contribution < -0.4 is 5.32 Å². The van der Waals surface area contributed by atoms with Crippen LogP contribution in [0.15, 0.2) is 41.3 Å². The van der Waals surface area contributed by atoms with E-state index in [2.05, 4.69) is 18.3 Å². The molecule has 3 nitrogen and oxygen atoms in total. The minimum Gasteiger partial charge on any atom is -0.388 e. The predicted octanol–water partition coefficient (Wildman–Crippen LogP) is 5.16. The van der Waals surface area contributed by atoms with E-state index in [1.165, 1.54) is 17.7 Å². The molecule has 5 heteroatoms. The Morgan fingerprint density at radius 2 is 2.00 bits per heavy atom. The van der Waals surface area contributed by atoms with Crippen molar-refractivity contribution in [2.24, 2.45) is 0 Å². The average molecular weight is 390 g/mol. The fourth-order valence-corrected chi connectivity index (χ4v) is 5.70. The van der Waals surface area contributed by atoms with Crippen molar-refractivity contribution < 1.29 is 9.90 Å². The molecule has 1 aliphatic rings. The summed E-state index contributed by atoms with van der Waals surface area (Å²) in [6.07, 6.45) is 4.15. The van der Waals surface area contributed by atoms with Gasteiger partial charge in [-0.25, -0.2) is 0 Å². The molecule has 1 aliphatic carbocycles. The summed E-state index contributed by atoms with van der Waals surface area (Å²) in [5.41, 5.74) is 0.781. The third-order valence-electron chi connectivity index (χ3n) is 5.14. The fourth-order valence-electron chi connectivity index (χ4n) is 3.70. The Kier molecular flexibility index (Phi) is 6.43. The predicted molar refractivity (Wildman–Crippen MR) is 110 cm³/mol. The smallest absolute Gasteiger partial charge is 0.252 e. The molecule has 2 N–H and O–H groups in total. The van der Waals surface area contributed by atoms with Crippen molar-refractivity contribution in [1.29, 1.82) is 0 Å². The van der Waals surface area contributed by atoms with E-state index in [1.54, 1.807) is 30.0 Å². The Hall–Kier alpha value is -1.30. The topological polar surface area (TPSA) is 49.3 Å². The van der Waals surface area contributed by atoms with E-state index in [-0.39, 0.29) is 11.3 Å². The molecule has 0 radical (unpaired) electrons. The van der Waals surface area contributed by atoms with Gasteiger partial charge in [-0.1, -0.05) is 31.9 Å². The van der Waals surface area contributed by atoms with Crippen LogP contribution >= 0.6 is 23.1 Å². The third-order valence-corrected chi connectivity index (χ3v) is 7.60. The number of nitrogens with one attached hydrogen (secondary N) is 1. The number of thiophene rings is 1. The molecule has 0 unspecified atom stereocenters. The van der Waals surface area contributed by atoms with Gasteiger partial charge in [-0.05, 0) is 49.8 Å². The Morgan fingerprint density at radius 1 is 1.27 bits per heavy atom. The van der Waals surface area contributed by atoms with Gasteiger partial charge in [-0.2, -0.15) is 0 Å². The Morgan fingerprint density at radius 3 is 2.65 bits per heavy atom. The summed E-state index contributed by atoms with van der Waals surface area (Å²) in [6.45, 7) is 4.57. The molecule has 1 aromatic carbocycles. The van der Waals surface area contributed by atoms with Crippen molar-refractivity contribution in [1.82, 2.24) is 5.32 Å². The largest absolute Gasteiger partial charge is 0.388 e. The van der Waals surface area contributed by atoms with Crippen molar-refractivity contribution in [2.75, 3.05) is 12.3 Å². The van der Waals surface area contributed by atoms with Crippen molar-refractivity contribution in [3.63, 3.8) is 0 Å². The van der Waals surface area contributed by atoms with Crippen LogP contribution in [0.5, 0.6) is 0 Å². The molecule has 2 aromatic rings. The first-order valence-electron chi connectivity index (χ1n) is 9.34. The van der Waals surface area contributed by atoms with Gasteiger partial charge in [-0.3, -0.25) is 4.79 Å². The van der Waals surface area contributed by atoms with E-state index in [4.69, 9.17) is 0 Å². The Labute approximate surface area is 164 Å². The summed E-state index contributed by atoms with van der Waals surface area (Å²) in [6, 6.07) is 12.0. The summed E-state index contributed by atoms with van der Waals surface area (Å²) in [7, 11) is 0. The number of hydrogen-bond acceptors (Lipinski definition) is 4. The molecule has 0 saturated heterocycles. The lowest BCUT2D eigenvalue weighted by atomic mass is 9.84. The quantitative estimate of drug-likeness (QED) is 0.644. The zero-order valence-electron chi connectivity index (χ0n) is 15.5. The van der Waals surface area contributed by atoms with Gasteiger partial charge in [0.1, 0.15) is 0 Å². The number of amides is 1. The van der Waals surface area contributed by atoms with Gasteiger partial charge < -0.3 is 10.4 Å². The summed E-state index contributed by atoms with van der Waals surface area (Å²) in [4.78, 5) is 16.2. The van der Waals surface area contributed by atoms with E-state index in [1.807, 2.05) is 30.3 Å². The molecule has 0 spiro atoms. The first-order valence-corrected chi connectivity index (χ1v) is 11.1. The minimum absolute atomic E-state index is 0.0140. The molecular weight excluding hydrogens is 362 g/mol. The normalized spacial score (nSPS) is 17.2. The second kappa shape index (κ2) is 8.59. The van der Waals surface area contributed by atoms with Crippen molar-refractivity contribution in [3.8, 4) is 0 Å². The number of hydrogen-bond donors (Lipinski definition) is 2. The van der Waals surface area contributed by atoms with Crippen LogP contribution in [0, 0.1) is 0 Å². The van der Waals surface area contributed by atoms with Gasteiger partial charge >= 0.3 is 0 Å². The van der Waals surface area contributed by atoms with Crippen LogP contribution in [0.4, 0.5) is 0 Å². The molecule has 1 saturated carbocycles. The first kappa shape index (κ1) is 19.5. The Balaban J connectivity index is 1.76. The third kappa shape index (κ3) is 4.16. The fraction of sp³-hybridized carbons (Fsp3) is 0.476. The van der Waals surface area contributed by atoms with Gasteiger partial charge in [0.2, 0.25) is 0 Å². The van der Waals surface area contributed by atoms with E-state index in [0.29, 0.717) is 6.54 Å². The zero-order valence-corrected chi connectivity index (χ0v) is 17.1. The number of rotatable bonds is 7. The molecule has 1 heterocycles. The minimum atomic E-state index is -0.431. The maximum atomic E-state index is 12.8. The molecule has 3 rings (SSSR count). The maximum Gasteiger partial charge on any atom is 0.252 e. The number of aliphatic hydroxyl groups is 1. The molecule has 26 heavy (non-hydrogen) atoms. The SMILES string of the molecule is CCSc1ccccc1C(=O)NCC1(c2ccc([C@H](C)O)s2)CCCC1. The van der Waals surface area contributed by atoms with Gasteiger partial charge in [-0.15, -0.1) is 23.1 Å². The number of thioether (sulfide) groups is 1. The second-order valence-electron chi connectivity index (χ2n) is 6.98. The molecule has 140 valence electrons. The van der Waals surface area contributed by atoms with Crippen molar-refractivity contribution in [3.05, 3.63) is 51.7 Å². The van der Waals surface area contributed by atoms with Crippen LogP contribution in [0.2, 0.25) is 0 Å². The van der Waals surface area contributed by atoms with Crippen molar-refractivity contribution in [2.45, 2.75) is 55.9 Å². The van der Waals surface area contributed by atoms with Crippen LogP contribution in [0.1, 0.15) is 65.7 Å². The first-order chi connectivity index (χ1) is 12.6. The molecular formula is C21H27NO2S2. The molecule has 0 bridgehead atoms. The lowest BCUT2D eigenvalue weighted by Gasteiger charge is -2.28. The van der Waals surface area contributed by atoms with Gasteiger partial charge in [0.25, 0.3) is 5.91 Å². The van der Waals surface area contributed by atoms with Gasteiger partial charge in [0, 0.05) is 26.6 Å². The summed E-state index contributed by atoms with van der Waals surface area (Å²) >= 11 is 3.39. The van der Waals surface area contributed by atoms with E-state index < -0.39 is 6.10 Å². The number of benzene rings is 1. The lowest BCUT2D eigenvalue weighted by molar-refractivity contribution is 0.0940.